The van der Waals surface area contributed by atoms with Crippen LogP contribution in [0.5, 0.6) is 5.75 Å². The number of aromatic nitrogens is 1. The number of pyridine rings is 1. The highest BCUT2D eigenvalue weighted by Gasteiger charge is 2.15. The molecule has 0 saturated heterocycles. The minimum atomic E-state index is -3.69. The van der Waals surface area contributed by atoms with E-state index in [2.05, 4.69) is 9.71 Å². The van der Waals surface area contributed by atoms with Gasteiger partial charge < -0.3 is 5.11 Å². The van der Waals surface area contributed by atoms with Crippen LogP contribution in [-0.2, 0) is 10.0 Å². The van der Waals surface area contributed by atoms with Gasteiger partial charge in [-0.05, 0) is 60.0 Å². The number of rotatable bonds is 4. The summed E-state index contributed by atoms with van der Waals surface area (Å²) < 4.78 is 27.5. The van der Waals surface area contributed by atoms with Crippen molar-refractivity contribution in [2.75, 3.05) is 4.72 Å². The van der Waals surface area contributed by atoms with E-state index in [0.717, 1.165) is 11.1 Å². The summed E-state index contributed by atoms with van der Waals surface area (Å²) in [5.41, 5.74) is 2.89. The Kier molecular flexibility index (Phi) is 4.22. The third-order valence-electron chi connectivity index (χ3n) is 3.61. The molecule has 0 radical (unpaired) electrons. The van der Waals surface area contributed by atoms with Gasteiger partial charge in [0.15, 0.2) is 0 Å². The molecule has 24 heavy (non-hydrogen) atoms. The summed E-state index contributed by atoms with van der Waals surface area (Å²) in [6, 6.07) is 14.8. The molecule has 1 heterocycles. The lowest BCUT2D eigenvalue weighted by Crippen LogP contribution is -2.13. The molecule has 3 rings (SSSR count). The van der Waals surface area contributed by atoms with Gasteiger partial charge in [0, 0.05) is 12.4 Å². The second-order valence-corrected chi connectivity index (χ2v) is 7.05. The smallest absolute Gasteiger partial charge is 0.261 e. The Morgan fingerprint density at radius 2 is 1.75 bits per heavy atom. The van der Waals surface area contributed by atoms with E-state index in [9.17, 15) is 13.5 Å². The van der Waals surface area contributed by atoms with Crippen molar-refractivity contribution in [1.29, 1.82) is 0 Å². The van der Waals surface area contributed by atoms with Crippen molar-refractivity contribution in [2.45, 2.75) is 11.8 Å². The second-order valence-electron chi connectivity index (χ2n) is 5.37. The summed E-state index contributed by atoms with van der Waals surface area (Å²) in [5, 5.41) is 9.41. The van der Waals surface area contributed by atoms with Crippen LogP contribution in [-0.4, -0.2) is 18.5 Å². The molecule has 0 aliphatic rings. The Labute approximate surface area is 140 Å². The van der Waals surface area contributed by atoms with E-state index in [1.54, 1.807) is 43.6 Å². The molecule has 0 saturated carbocycles. The molecule has 0 fully saturated rings. The molecule has 6 heteroatoms. The molecule has 122 valence electrons. The van der Waals surface area contributed by atoms with Crippen LogP contribution in [0.2, 0.25) is 0 Å². The third kappa shape index (κ3) is 3.38. The van der Waals surface area contributed by atoms with Gasteiger partial charge >= 0.3 is 0 Å². The summed E-state index contributed by atoms with van der Waals surface area (Å²) in [7, 11) is -3.69. The van der Waals surface area contributed by atoms with Gasteiger partial charge in [-0.25, -0.2) is 8.42 Å². The number of hydrogen-bond acceptors (Lipinski definition) is 4. The lowest BCUT2D eigenvalue weighted by Gasteiger charge is -2.11. The Hall–Kier alpha value is -2.86. The number of nitrogens with one attached hydrogen (secondary N) is 1. The largest absolute Gasteiger partial charge is 0.508 e. The number of sulfonamides is 1. The van der Waals surface area contributed by atoms with E-state index in [-0.39, 0.29) is 10.6 Å². The molecule has 0 spiro atoms. The normalized spacial score (nSPS) is 11.2. The van der Waals surface area contributed by atoms with Crippen molar-refractivity contribution >= 4 is 15.7 Å². The number of benzene rings is 2. The first kappa shape index (κ1) is 16.0. The SMILES string of the molecule is Cc1cc(O)ccc1NS(=O)(=O)c1ccc(-c2cccnc2)cc1. The highest BCUT2D eigenvalue weighted by atomic mass is 32.2. The standard InChI is InChI=1S/C18H16N2O3S/c1-13-11-16(21)6-9-18(13)20-24(22,23)17-7-4-14(5-8-17)15-3-2-10-19-12-15/h2-12,20-21H,1H3. The van der Waals surface area contributed by atoms with Crippen LogP contribution >= 0.6 is 0 Å². The number of aromatic hydroxyl groups is 1. The molecular formula is C18H16N2O3S. The predicted octanol–water partition coefficient (Wildman–Crippen LogP) is 3.56. The molecule has 0 unspecified atom stereocenters. The first-order chi connectivity index (χ1) is 11.5. The van der Waals surface area contributed by atoms with Crippen molar-refractivity contribution in [3.63, 3.8) is 0 Å². The Morgan fingerprint density at radius 3 is 2.38 bits per heavy atom. The lowest BCUT2D eigenvalue weighted by molar-refractivity contribution is 0.475. The maximum Gasteiger partial charge on any atom is 0.261 e. The summed E-state index contributed by atoms with van der Waals surface area (Å²) in [6.07, 6.45) is 3.41. The van der Waals surface area contributed by atoms with Gasteiger partial charge in [0.1, 0.15) is 5.75 Å². The lowest BCUT2D eigenvalue weighted by atomic mass is 10.1. The summed E-state index contributed by atoms with van der Waals surface area (Å²) in [6.45, 7) is 1.73. The van der Waals surface area contributed by atoms with Gasteiger partial charge in [0.05, 0.1) is 10.6 Å². The van der Waals surface area contributed by atoms with Crippen molar-refractivity contribution in [3.05, 3.63) is 72.6 Å². The Bertz CT molecular complexity index is 953. The van der Waals surface area contributed by atoms with E-state index in [1.165, 1.54) is 18.2 Å². The predicted molar refractivity (Wildman–Crippen MR) is 93.3 cm³/mol. The minimum absolute atomic E-state index is 0.0938. The fourth-order valence-corrected chi connectivity index (χ4v) is 3.46. The summed E-state index contributed by atoms with van der Waals surface area (Å²) >= 11 is 0. The zero-order valence-corrected chi connectivity index (χ0v) is 13.8. The first-order valence-corrected chi connectivity index (χ1v) is 8.77. The molecule has 0 atom stereocenters. The van der Waals surface area contributed by atoms with E-state index in [4.69, 9.17) is 0 Å². The number of phenols is 1. The van der Waals surface area contributed by atoms with Gasteiger partial charge in [-0.15, -0.1) is 0 Å². The molecule has 2 aromatic carbocycles. The van der Waals surface area contributed by atoms with Crippen molar-refractivity contribution in [2.24, 2.45) is 0 Å². The van der Waals surface area contributed by atoms with Gasteiger partial charge in [0.2, 0.25) is 0 Å². The molecule has 0 bridgehead atoms. The van der Waals surface area contributed by atoms with Crippen molar-refractivity contribution < 1.29 is 13.5 Å². The monoisotopic (exact) mass is 340 g/mol. The molecule has 2 N–H and O–H groups in total. The van der Waals surface area contributed by atoms with Crippen LogP contribution in [0.25, 0.3) is 11.1 Å². The number of aryl methyl sites for hydroxylation is 1. The van der Waals surface area contributed by atoms with Crippen molar-refractivity contribution in [1.82, 2.24) is 4.98 Å². The van der Waals surface area contributed by atoms with E-state index in [0.29, 0.717) is 11.3 Å². The Morgan fingerprint density at radius 1 is 1.00 bits per heavy atom. The molecule has 0 aliphatic carbocycles. The highest BCUT2D eigenvalue weighted by Crippen LogP contribution is 2.25. The van der Waals surface area contributed by atoms with Gasteiger partial charge in [-0.1, -0.05) is 18.2 Å². The molecule has 1 aromatic heterocycles. The number of hydrogen-bond donors (Lipinski definition) is 2. The zero-order valence-electron chi connectivity index (χ0n) is 13.0. The summed E-state index contributed by atoms with van der Waals surface area (Å²) in [4.78, 5) is 4.22. The summed E-state index contributed by atoms with van der Waals surface area (Å²) in [5.74, 6) is 0.0938. The van der Waals surface area contributed by atoms with Gasteiger partial charge in [-0.3, -0.25) is 9.71 Å². The number of nitrogens with zero attached hydrogens (tertiary/aromatic N) is 1. The quantitative estimate of drug-likeness (QED) is 0.712. The van der Waals surface area contributed by atoms with Crippen LogP contribution in [0.3, 0.4) is 0 Å². The van der Waals surface area contributed by atoms with E-state index < -0.39 is 10.0 Å². The van der Waals surface area contributed by atoms with Crippen LogP contribution in [0, 0.1) is 6.92 Å². The van der Waals surface area contributed by atoms with Crippen molar-refractivity contribution in [3.8, 4) is 16.9 Å². The molecule has 5 nitrogen and oxygen atoms in total. The molecule has 0 amide bonds. The maximum atomic E-state index is 12.5. The fourth-order valence-electron chi connectivity index (χ4n) is 2.33. The number of phenolic OH excluding ortho intramolecular Hbond substituents is 1. The fraction of sp³-hybridized carbons (Fsp3) is 0.0556. The number of anilines is 1. The van der Waals surface area contributed by atoms with Gasteiger partial charge in [-0.2, -0.15) is 0 Å². The van der Waals surface area contributed by atoms with E-state index >= 15 is 0 Å². The first-order valence-electron chi connectivity index (χ1n) is 7.29. The average molecular weight is 340 g/mol. The minimum Gasteiger partial charge on any atom is -0.508 e. The van der Waals surface area contributed by atoms with Crippen LogP contribution in [0.1, 0.15) is 5.56 Å². The molecule has 3 aromatic rings. The van der Waals surface area contributed by atoms with Gasteiger partial charge in [0.25, 0.3) is 10.0 Å². The zero-order chi connectivity index (χ0) is 17.2. The molecular weight excluding hydrogens is 324 g/mol. The average Bonchev–Trinajstić information content (AvgIpc) is 2.58. The Balaban J connectivity index is 1.87. The topological polar surface area (TPSA) is 79.3 Å². The van der Waals surface area contributed by atoms with Crippen LogP contribution in [0.15, 0.2) is 71.9 Å². The second kappa shape index (κ2) is 6.33. The molecule has 0 aliphatic heterocycles. The van der Waals surface area contributed by atoms with Crippen LogP contribution in [0.4, 0.5) is 5.69 Å². The highest BCUT2D eigenvalue weighted by molar-refractivity contribution is 7.92. The van der Waals surface area contributed by atoms with E-state index in [1.807, 2.05) is 12.1 Å². The van der Waals surface area contributed by atoms with Crippen LogP contribution < -0.4 is 4.72 Å². The maximum absolute atomic E-state index is 12.5. The third-order valence-corrected chi connectivity index (χ3v) is 5.00.